The van der Waals surface area contributed by atoms with Gasteiger partial charge in [0.15, 0.2) is 0 Å². The summed E-state index contributed by atoms with van der Waals surface area (Å²) in [6.07, 6.45) is 0. The SMILES string of the molecule is CCN(CC)CCn1c(NC(=O)C(C)Cn2nc([N+](=O)[O-])cc2C)nc2ccccc21. The Morgan fingerprint density at radius 3 is 2.65 bits per heavy atom. The molecule has 1 atom stereocenters. The van der Waals surface area contributed by atoms with Gasteiger partial charge in [-0.1, -0.05) is 32.9 Å². The number of para-hydroxylation sites is 2. The van der Waals surface area contributed by atoms with Crippen LogP contribution in [0.25, 0.3) is 11.0 Å². The van der Waals surface area contributed by atoms with Gasteiger partial charge in [0.2, 0.25) is 11.9 Å². The topological polar surface area (TPSA) is 111 Å². The zero-order valence-electron chi connectivity index (χ0n) is 18.4. The standard InChI is InChI=1S/C21H29N7O3/c1-5-25(6-2)11-12-26-18-10-8-7-9-17(18)22-21(26)23-20(29)15(3)14-27-16(4)13-19(24-27)28(30)31/h7-10,13,15H,5-6,11-12,14H2,1-4H3,(H,22,23,29). The van der Waals surface area contributed by atoms with Crippen molar-refractivity contribution in [2.45, 2.75) is 40.8 Å². The molecule has 1 N–H and O–H groups in total. The summed E-state index contributed by atoms with van der Waals surface area (Å²) in [5.41, 5.74) is 2.43. The molecule has 0 spiro atoms. The lowest BCUT2D eigenvalue weighted by atomic mass is 10.1. The molecule has 0 aliphatic rings. The number of likely N-dealkylation sites (N-methyl/N-ethyl adjacent to an activating group) is 1. The molecule has 1 amide bonds. The molecular weight excluding hydrogens is 398 g/mol. The van der Waals surface area contributed by atoms with Gasteiger partial charge in [-0.3, -0.25) is 10.1 Å². The summed E-state index contributed by atoms with van der Waals surface area (Å²) in [6.45, 7) is 11.5. The Morgan fingerprint density at radius 2 is 2.00 bits per heavy atom. The summed E-state index contributed by atoms with van der Waals surface area (Å²) in [6, 6.07) is 9.20. The minimum atomic E-state index is -0.535. The summed E-state index contributed by atoms with van der Waals surface area (Å²) in [5, 5.41) is 17.9. The Hall–Kier alpha value is -3.27. The minimum Gasteiger partial charge on any atom is -0.358 e. The van der Waals surface area contributed by atoms with E-state index >= 15 is 0 Å². The lowest BCUT2D eigenvalue weighted by Gasteiger charge is -2.19. The second-order valence-corrected chi connectivity index (χ2v) is 7.58. The van der Waals surface area contributed by atoms with Gasteiger partial charge in [-0.2, -0.15) is 4.68 Å². The van der Waals surface area contributed by atoms with E-state index in [1.54, 1.807) is 13.8 Å². The fourth-order valence-electron chi connectivity index (χ4n) is 3.52. The quantitative estimate of drug-likeness (QED) is 0.393. The highest BCUT2D eigenvalue weighted by Crippen LogP contribution is 2.21. The molecular formula is C21H29N7O3. The van der Waals surface area contributed by atoms with Crippen LogP contribution in [0.2, 0.25) is 0 Å². The van der Waals surface area contributed by atoms with Gasteiger partial charge in [-0.05, 0) is 37.1 Å². The van der Waals surface area contributed by atoms with Crippen molar-refractivity contribution in [1.82, 2.24) is 24.2 Å². The monoisotopic (exact) mass is 427 g/mol. The van der Waals surface area contributed by atoms with Crippen LogP contribution in [-0.2, 0) is 17.9 Å². The van der Waals surface area contributed by atoms with E-state index < -0.39 is 10.8 Å². The lowest BCUT2D eigenvalue weighted by Crippen LogP contribution is -2.29. The van der Waals surface area contributed by atoms with Gasteiger partial charge in [-0.25, -0.2) is 4.98 Å². The number of carbonyl (C=O) groups is 1. The first-order valence-electron chi connectivity index (χ1n) is 10.5. The van der Waals surface area contributed by atoms with Gasteiger partial charge in [-0.15, -0.1) is 0 Å². The molecule has 0 fully saturated rings. The first-order valence-corrected chi connectivity index (χ1v) is 10.5. The number of aryl methyl sites for hydroxylation is 1. The van der Waals surface area contributed by atoms with Crippen LogP contribution in [0.5, 0.6) is 0 Å². The number of amides is 1. The van der Waals surface area contributed by atoms with E-state index in [4.69, 9.17) is 0 Å². The van der Waals surface area contributed by atoms with Crippen LogP contribution in [0.1, 0.15) is 26.5 Å². The molecule has 2 heterocycles. The number of nitrogens with zero attached hydrogens (tertiary/aromatic N) is 6. The van der Waals surface area contributed by atoms with Crippen molar-refractivity contribution in [2.24, 2.45) is 5.92 Å². The molecule has 2 aromatic heterocycles. The maximum absolute atomic E-state index is 12.9. The first-order chi connectivity index (χ1) is 14.8. The van der Waals surface area contributed by atoms with Crippen molar-refractivity contribution < 1.29 is 9.72 Å². The Balaban J connectivity index is 1.77. The molecule has 1 unspecified atom stereocenters. The maximum atomic E-state index is 12.9. The summed E-state index contributed by atoms with van der Waals surface area (Å²) < 4.78 is 3.52. The second-order valence-electron chi connectivity index (χ2n) is 7.58. The normalized spacial score (nSPS) is 12.4. The molecule has 31 heavy (non-hydrogen) atoms. The number of rotatable bonds is 10. The molecule has 10 heteroatoms. The highest BCUT2D eigenvalue weighted by Gasteiger charge is 2.22. The van der Waals surface area contributed by atoms with E-state index in [-0.39, 0.29) is 18.3 Å². The third kappa shape index (κ3) is 5.08. The van der Waals surface area contributed by atoms with E-state index in [0.29, 0.717) is 18.2 Å². The Kier molecular flexibility index (Phi) is 7.01. The van der Waals surface area contributed by atoms with Crippen LogP contribution < -0.4 is 5.32 Å². The number of carbonyl (C=O) groups excluding carboxylic acids is 1. The Morgan fingerprint density at radius 1 is 1.29 bits per heavy atom. The molecule has 166 valence electrons. The molecule has 0 aliphatic heterocycles. The number of benzene rings is 1. The average molecular weight is 428 g/mol. The zero-order chi connectivity index (χ0) is 22.5. The smallest absolute Gasteiger partial charge is 0.358 e. The van der Waals surface area contributed by atoms with E-state index in [9.17, 15) is 14.9 Å². The fourth-order valence-corrected chi connectivity index (χ4v) is 3.52. The van der Waals surface area contributed by atoms with Crippen LogP contribution in [0.3, 0.4) is 0 Å². The van der Waals surface area contributed by atoms with Crippen molar-refractivity contribution in [2.75, 3.05) is 25.0 Å². The second kappa shape index (κ2) is 9.69. The summed E-state index contributed by atoms with van der Waals surface area (Å²) >= 11 is 0. The number of nitro groups is 1. The van der Waals surface area contributed by atoms with Crippen LogP contribution >= 0.6 is 0 Å². The van der Waals surface area contributed by atoms with Gasteiger partial charge in [0.05, 0.1) is 40.4 Å². The molecule has 1 aromatic carbocycles. The molecule has 3 rings (SSSR count). The van der Waals surface area contributed by atoms with Gasteiger partial charge in [0.1, 0.15) is 0 Å². The van der Waals surface area contributed by atoms with E-state index in [0.717, 1.165) is 30.7 Å². The van der Waals surface area contributed by atoms with E-state index in [1.807, 2.05) is 28.8 Å². The zero-order valence-corrected chi connectivity index (χ0v) is 18.4. The lowest BCUT2D eigenvalue weighted by molar-refractivity contribution is -0.389. The fraction of sp³-hybridized carbons (Fsp3) is 0.476. The number of imidazole rings is 1. The molecule has 10 nitrogen and oxygen atoms in total. The van der Waals surface area contributed by atoms with Crippen molar-refractivity contribution >= 4 is 28.7 Å². The summed E-state index contributed by atoms with van der Waals surface area (Å²) in [4.78, 5) is 30.2. The van der Waals surface area contributed by atoms with E-state index in [1.165, 1.54) is 10.7 Å². The minimum absolute atomic E-state index is 0.211. The number of nitrogens with one attached hydrogen (secondary N) is 1. The van der Waals surface area contributed by atoms with Crippen LogP contribution in [0, 0.1) is 23.0 Å². The van der Waals surface area contributed by atoms with Crippen molar-refractivity contribution in [3.8, 4) is 0 Å². The van der Waals surface area contributed by atoms with Crippen LogP contribution in [-0.4, -0.2) is 54.7 Å². The van der Waals surface area contributed by atoms with Crippen molar-refractivity contribution in [3.05, 3.63) is 46.1 Å². The van der Waals surface area contributed by atoms with Crippen molar-refractivity contribution in [3.63, 3.8) is 0 Å². The Bertz CT molecular complexity index is 1070. The van der Waals surface area contributed by atoms with Gasteiger partial charge >= 0.3 is 5.82 Å². The predicted molar refractivity (Wildman–Crippen MR) is 119 cm³/mol. The van der Waals surface area contributed by atoms with Gasteiger partial charge < -0.3 is 19.6 Å². The highest BCUT2D eigenvalue weighted by atomic mass is 16.6. The molecule has 0 radical (unpaired) electrons. The van der Waals surface area contributed by atoms with Crippen LogP contribution in [0.15, 0.2) is 30.3 Å². The largest absolute Gasteiger partial charge is 0.390 e. The molecule has 3 aromatic rings. The van der Waals surface area contributed by atoms with Crippen LogP contribution in [0.4, 0.5) is 11.8 Å². The Labute approximate surface area is 181 Å². The molecule has 0 saturated carbocycles. The maximum Gasteiger partial charge on any atom is 0.390 e. The molecule has 0 aliphatic carbocycles. The number of aromatic nitrogens is 4. The number of hydrogen-bond acceptors (Lipinski definition) is 6. The first kappa shape index (κ1) is 22.4. The third-order valence-corrected chi connectivity index (χ3v) is 5.47. The number of hydrogen-bond donors (Lipinski definition) is 1. The van der Waals surface area contributed by atoms with Gasteiger partial charge in [0.25, 0.3) is 0 Å². The molecule has 0 saturated heterocycles. The summed E-state index contributed by atoms with van der Waals surface area (Å²) in [7, 11) is 0. The number of fused-ring (bicyclic) bond motifs is 1. The summed E-state index contributed by atoms with van der Waals surface area (Å²) in [5.74, 6) is -0.372. The van der Waals surface area contributed by atoms with Crippen molar-refractivity contribution in [1.29, 1.82) is 0 Å². The van der Waals surface area contributed by atoms with E-state index in [2.05, 4.69) is 34.1 Å². The third-order valence-electron chi connectivity index (χ3n) is 5.47. The molecule has 0 bridgehead atoms. The highest BCUT2D eigenvalue weighted by molar-refractivity contribution is 5.92. The van der Waals surface area contributed by atoms with Gasteiger partial charge in [0, 0.05) is 13.1 Å². The number of anilines is 1. The average Bonchev–Trinajstić information content (AvgIpc) is 3.29. The predicted octanol–water partition coefficient (Wildman–Crippen LogP) is 3.07.